The highest BCUT2D eigenvalue weighted by atomic mass is 32.2. The fraction of sp³-hybridized carbons (Fsp3) is 0.632. The minimum absolute atomic E-state index is 0.114. The predicted octanol–water partition coefficient (Wildman–Crippen LogP) is 2.09. The minimum Gasteiger partial charge on any atom is -0.311 e. The van der Waals surface area contributed by atoms with E-state index in [0.717, 1.165) is 43.5 Å². The van der Waals surface area contributed by atoms with Crippen LogP contribution in [0.3, 0.4) is 0 Å². The number of likely N-dealkylation sites (tertiary alicyclic amines) is 1. The number of amides is 1. The molecule has 0 aliphatic carbocycles. The summed E-state index contributed by atoms with van der Waals surface area (Å²) in [5.74, 6) is 0.114. The van der Waals surface area contributed by atoms with Crippen molar-refractivity contribution in [3.05, 3.63) is 23.8 Å². The summed E-state index contributed by atoms with van der Waals surface area (Å²) in [5.41, 5.74) is 1.81. The number of benzene rings is 1. The Morgan fingerprint density at radius 1 is 1.19 bits per heavy atom. The van der Waals surface area contributed by atoms with Crippen molar-refractivity contribution in [3.63, 3.8) is 0 Å². The Morgan fingerprint density at radius 3 is 2.65 bits per heavy atom. The topological polar surface area (TPSA) is 60.9 Å². The summed E-state index contributed by atoms with van der Waals surface area (Å²) >= 11 is 0. The van der Waals surface area contributed by atoms with Gasteiger partial charge in [-0.15, -0.1) is 0 Å². The molecule has 2 aliphatic heterocycles. The van der Waals surface area contributed by atoms with Gasteiger partial charge in [-0.25, -0.2) is 12.7 Å². The minimum atomic E-state index is -3.46. The molecule has 1 amide bonds. The number of anilines is 1. The van der Waals surface area contributed by atoms with Crippen molar-refractivity contribution >= 4 is 21.6 Å². The van der Waals surface area contributed by atoms with Crippen LogP contribution in [0.1, 0.15) is 38.2 Å². The molecule has 1 aromatic carbocycles. The van der Waals surface area contributed by atoms with Gasteiger partial charge in [0.2, 0.25) is 15.9 Å². The number of hydrogen-bond donors (Lipinski definition) is 0. The van der Waals surface area contributed by atoms with E-state index < -0.39 is 10.0 Å². The summed E-state index contributed by atoms with van der Waals surface area (Å²) < 4.78 is 26.0. The summed E-state index contributed by atoms with van der Waals surface area (Å²) in [5, 5.41) is 0. The number of carbonyl (C=O) groups excluding carboxylic acids is 1. The van der Waals surface area contributed by atoms with Gasteiger partial charge in [0.05, 0.1) is 11.4 Å². The van der Waals surface area contributed by atoms with Crippen molar-refractivity contribution < 1.29 is 13.2 Å². The van der Waals surface area contributed by atoms with Gasteiger partial charge in [-0.2, -0.15) is 0 Å². The molecule has 3 rings (SSSR count). The first-order valence-corrected chi connectivity index (χ1v) is 10.8. The fourth-order valence-electron chi connectivity index (χ4n) is 3.86. The first kappa shape index (κ1) is 19.3. The lowest BCUT2D eigenvalue weighted by atomic mass is 10.0. The second-order valence-electron chi connectivity index (χ2n) is 7.54. The van der Waals surface area contributed by atoms with Crippen LogP contribution >= 0.6 is 0 Å². The monoisotopic (exact) mass is 379 g/mol. The zero-order valence-corrected chi connectivity index (χ0v) is 16.8. The summed E-state index contributed by atoms with van der Waals surface area (Å²) in [6.07, 6.45) is 5.20. The van der Waals surface area contributed by atoms with Crippen molar-refractivity contribution in [2.45, 2.75) is 50.0 Å². The summed E-state index contributed by atoms with van der Waals surface area (Å²) in [7, 11) is -0.392. The van der Waals surface area contributed by atoms with E-state index in [1.54, 1.807) is 18.2 Å². The Morgan fingerprint density at radius 2 is 1.96 bits per heavy atom. The lowest BCUT2D eigenvalue weighted by Gasteiger charge is -2.36. The molecule has 2 aliphatic rings. The lowest BCUT2D eigenvalue weighted by molar-refractivity contribution is -0.120. The van der Waals surface area contributed by atoms with Crippen LogP contribution in [0.2, 0.25) is 0 Å². The molecule has 0 bridgehead atoms. The van der Waals surface area contributed by atoms with E-state index in [9.17, 15) is 13.2 Å². The number of hydrogen-bond acceptors (Lipinski definition) is 4. The third-order valence-electron chi connectivity index (χ3n) is 5.53. The third-order valence-corrected chi connectivity index (χ3v) is 7.34. The van der Waals surface area contributed by atoms with Crippen LogP contribution in [0, 0.1) is 0 Å². The lowest BCUT2D eigenvalue weighted by Crippen LogP contribution is -2.47. The maximum absolute atomic E-state index is 12.9. The normalized spacial score (nSPS) is 21.7. The molecule has 0 spiro atoms. The van der Waals surface area contributed by atoms with Gasteiger partial charge in [0.1, 0.15) is 0 Å². The standard InChI is InChI=1S/C19H29N3O3S/c1-15-7-4-5-11-21(15)14-19(23)22-12-6-8-16-13-17(9-10-18(16)22)26(24,25)20(2)3/h9-10,13,15H,4-8,11-12,14H2,1-3H3. The highest BCUT2D eigenvalue weighted by Crippen LogP contribution is 2.30. The number of aryl methyl sites for hydroxylation is 1. The molecule has 0 N–H and O–H groups in total. The SMILES string of the molecule is CC1CCCCN1CC(=O)N1CCCc2cc(S(=O)(=O)N(C)C)ccc21. The first-order chi connectivity index (χ1) is 12.3. The molecule has 1 atom stereocenters. The van der Waals surface area contributed by atoms with E-state index in [1.807, 2.05) is 4.90 Å². The Kier molecular flexibility index (Phi) is 5.69. The largest absolute Gasteiger partial charge is 0.311 e. The van der Waals surface area contributed by atoms with Crippen molar-refractivity contribution in [1.29, 1.82) is 0 Å². The molecule has 2 heterocycles. The second-order valence-corrected chi connectivity index (χ2v) is 9.69. The molecule has 0 radical (unpaired) electrons. The molecule has 1 fully saturated rings. The average molecular weight is 380 g/mol. The predicted molar refractivity (Wildman–Crippen MR) is 103 cm³/mol. The molecular weight excluding hydrogens is 350 g/mol. The number of piperidine rings is 1. The molecule has 26 heavy (non-hydrogen) atoms. The van der Waals surface area contributed by atoms with E-state index in [4.69, 9.17) is 0 Å². The highest BCUT2D eigenvalue weighted by molar-refractivity contribution is 7.89. The Bertz CT molecular complexity index is 776. The van der Waals surface area contributed by atoms with E-state index >= 15 is 0 Å². The second kappa shape index (κ2) is 7.66. The molecule has 7 heteroatoms. The van der Waals surface area contributed by atoms with Crippen LogP contribution in [0.4, 0.5) is 5.69 Å². The van der Waals surface area contributed by atoms with Gasteiger partial charge in [0.25, 0.3) is 0 Å². The fourth-order valence-corrected chi connectivity index (χ4v) is 4.81. The van der Waals surface area contributed by atoms with E-state index in [1.165, 1.54) is 24.8 Å². The van der Waals surface area contributed by atoms with Crippen molar-refractivity contribution in [2.24, 2.45) is 0 Å². The van der Waals surface area contributed by atoms with Gasteiger partial charge in [-0.1, -0.05) is 6.42 Å². The molecule has 1 saturated heterocycles. The molecular formula is C19H29N3O3S. The smallest absolute Gasteiger partial charge is 0.242 e. The van der Waals surface area contributed by atoms with Crippen molar-refractivity contribution in [3.8, 4) is 0 Å². The van der Waals surface area contributed by atoms with Crippen LogP contribution in [-0.2, 0) is 21.2 Å². The van der Waals surface area contributed by atoms with Gasteiger partial charge in [0.15, 0.2) is 0 Å². The third kappa shape index (κ3) is 3.80. The summed E-state index contributed by atoms with van der Waals surface area (Å²) in [6.45, 7) is 4.31. The Balaban J connectivity index is 1.81. The van der Waals surface area contributed by atoms with Crippen LogP contribution in [0.25, 0.3) is 0 Å². The Labute approximate surface area is 156 Å². The quantitative estimate of drug-likeness (QED) is 0.804. The molecule has 1 aromatic rings. The zero-order valence-electron chi connectivity index (χ0n) is 15.9. The average Bonchev–Trinajstić information content (AvgIpc) is 2.62. The molecule has 0 saturated carbocycles. The van der Waals surface area contributed by atoms with Gasteiger partial charge < -0.3 is 4.90 Å². The zero-order chi connectivity index (χ0) is 18.9. The maximum Gasteiger partial charge on any atom is 0.242 e. The van der Waals surface area contributed by atoms with Gasteiger partial charge in [0, 0.05) is 32.4 Å². The van der Waals surface area contributed by atoms with Crippen LogP contribution < -0.4 is 4.90 Å². The number of rotatable bonds is 4. The molecule has 0 aromatic heterocycles. The van der Waals surface area contributed by atoms with Gasteiger partial charge in [-0.05, 0) is 62.9 Å². The van der Waals surface area contributed by atoms with E-state index in [2.05, 4.69) is 11.8 Å². The Hall–Kier alpha value is -1.44. The van der Waals surface area contributed by atoms with Crippen molar-refractivity contribution in [2.75, 3.05) is 38.6 Å². The number of sulfonamides is 1. The van der Waals surface area contributed by atoms with Crippen LogP contribution in [0.5, 0.6) is 0 Å². The molecule has 6 nitrogen and oxygen atoms in total. The van der Waals surface area contributed by atoms with E-state index in [0.29, 0.717) is 24.0 Å². The number of fused-ring (bicyclic) bond motifs is 1. The van der Waals surface area contributed by atoms with Crippen molar-refractivity contribution in [1.82, 2.24) is 9.21 Å². The van der Waals surface area contributed by atoms with E-state index in [-0.39, 0.29) is 5.91 Å². The summed E-state index contributed by atoms with van der Waals surface area (Å²) in [4.78, 5) is 17.3. The number of carbonyl (C=O) groups is 1. The molecule has 1 unspecified atom stereocenters. The first-order valence-electron chi connectivity index (χ1n) is 9.40. The highest BCUT2D eigenvalue weighted by Gasteiger charge is 2.28. The summed E-state index contributed by atoms with van der Waals surface area (Å²) in [6, 6.07) is 5.59. The van der Waals surface area contributed by atoms with Gasteiger partial charge in [-0.3, -0.25) is 9.69 Å². The number of nitrogens with zero attached hydrogens (tertiary/aromatic N) is 3. The molecule has 144 valence electrons. The maximum atomic E-state index is 12.9. The van der Waals surface area contributed by atoms with Crippen LogP contribution in [-0.4, -0.2) is 63.3 Å². The van der Waals surface area contributed by atoms with Crippen LogP contribution in [0.15, 0.2) is 23.1 Å². The van der Waals surface area contributed by atoms with Gasteiger partial charge >= 0.3 is 0 Å².